The molecule has 9 aromatic rings. The van der Waals surface area contributed by atoms with E-state index in [0.29, 0.717) is 0 Å². The Labute approximate surface area is 378 Å². The van der Waals surface area contributed by atoms with Gasteiger partial charge in [0.25, 0.3) is 0 Å². The molecule has 0 fully saturated rings. The van der Waals surface area contributed by atoms with Gasteiger partial charge in [0.15, 0.2) is 0 Å². The maximum absolute atomic E-state index is 8.75. The molecule has 9 rings (SSSR count). The van der Waals surface area contributed by atoms with Crippen LogP contribution in [0.5, 0.6) is 0 Å². The number of imidazole rings is 1. The minimum Gasteiger partial charge on any atom is -0.500 e. The van der Waals surface area contributed by atoms with Crippen molar-refractivity contribution in [2.24, 2.45) is 5.41 Å². The van der Waals surface area contributed by atoms with Gasteiger partial charge < -0.3 is 14.0 Å². The van der Waals surface area contributed by atoms with E-state index < -0.39 is 19.9 Å². The minimum absolute atomic E-state index is 0. The molecule has 0 aliphatic rings. The molecule has 7 heteroatoms. The number of nitrogens with zero attached hydrogens (tertiary/aromatic N) is 4. The Hall–Kier alpha value is -5.46. The first-order valence-electron chi connectivity index (χ1n) is 21.7. The molecule has 0 aliphatic heterocycles. The smallest absolute Gasteiger partial charge is 0.120 e. The first-order valence-corrected chi connectivity index (χ1v) is 24.2. The van der Waals surface area contributed by atoms with Crippen LogP contribution in [0.1, 0.15) is 61.1 Å². The van der Waals surface area contributed by atoms with Crippen LogP contribution in [0.25, 0.3) is 72.4 Å². The summed E-state index contributed by atoms with van der Waals surface area (Å²) >= 11 is 0. The predicted octanol–water partition coefficient (Wildman–Crippen LogP) is 13.7. The molecule has 0 atom stereocenters. The summed E-state index contributed by atoms with van der Waals surface area (Å²) < 4.78 is 25.9. The third-order valence-electron chi connectivity index (χ3n) is 10.7. The molecule has 0 saturated heterocycles. The number of benzene rings is 5. The summed E-state index contributed by atoms with van der Waals surface area (Å²) in [5, 5.41) is 3.24. The van der Waals surface area contributed by atoms with Crippen molar-refractivity contribution in [2.45, 2.75) is 79.9 Å². The van der Waals surface area contributed by atoms with Gasteiger partial charge in [0.05, 0.1) is 36.2 Å². The Bertz CT molecular complexity index is 3070. The first kappa shape index (κ1) is 40.9. The fraction of sp³-hybridized carbons (Fsp3) is 0.241. The van der Waals surface area contributed by atoms with E-state index in [4.69, 9.17) is 12.1 Å². The van der Waals surface area contributed by atoms with Gasteiger partial charge in [-0.2, -0.15) is 0 Å². The van der Waals surface area contributed by atoms with E-state index in [1.807, 2.05) is 93.8 Å². The molecule has 0 unspecified atom stereocenters. The van der Waals surface area contributed by atoms with Crippen LogP contribution < -0.4 is 5.19 Å². The number of hydrogen-bond donors (Lipinski definition) is 0. The van der Waals surface area contributed by atoms with Crippen molar-refractivity contribution < 1.29 is 27.3 Å². The zero-order valence-corrected chi connectivity index (χ0v) is 40.1. The van der Waals surface area contributed by atoms with Crippen LogP contribution in [-0.4, -0.2) is 27.6 Å². The normalized spacial score (nSPS) is 12.8. The summed E-state index contributed by atoms with van der Waals surface area (Å²) in [5.41, 5.74) is 12.1. The number of furan rings is 1. The Morgan fingerprint density at radius 1 is 0.738 bits per heavy atom. The predicted molar refractivity (Wildman–Crippen MR) is 254 cm³/mol. The van der Waals surface area contributed by atoms with Crippen molar-refractivity contribution in [1.82, 2.24) is 19.5 Å². The molecule has 0 spiro atoms. The Morgan fingerprint density at radius 3 is 2.18 bits per heavy atom. The Balaban J connectivity index is 0.000000213. The second-order valence-corrected chi connectivity index (χ2v) is 23.7. The molecule has 1 radical (unpaired) electrons. The van der Waals surface area contributed by atoms with Gasteiger partial charge in [-0.25, -0.2) is 0 Å². The third kappa shape index (κ3) is 9.25. The maximum atomic E-state index is 8.75. The van der Waals surface area contributed by atoms with Crippen LogP contribution in [-0.2, 0) is 31.9 Å². The van der Waals surface area contributed by atoms with Gasteiger partial charge in [0.1, 0.15) is 5.58 Å². The average molecular weight is 997 g/mol. The molecular weight excluding hydrogens is 941 g/mol. The molecule has 0 saturated carbocycles. The summed E-state index contributed by atoms with van der Waals surface area (Å²) in [5.74, 6) is 0.839. The van der Waals surface area contributed by atoms with Gasteiger partial charge in [0.2, 0.25) is 0 Å². The SMILES string of the molecule is Cc1nccc2nc(-c3[c-]cc4oc5ccccc5c4c3)n(-c3ccc(-c4ccccc4)cc3C(C)(C)C)c12.[2H]C([2H])(c1cc(-c2[c-]cccc2)ncc1[Si](C)(C)C)C(C)(C)C.[Ir]. The Kier molecular flexibility index (Phi) is 11.5. The molecule has 61 heavy (non-hydrogen) atoms. The van der Waals surface area contributed by atoms with Crippen LogP contribution in [0.15, 0.2) is 138 Å². The summed E-state index contributed by atoms with van der Waals surface area (Å²) in [6.07, 6.45) is 2.30. The second-order valence-electron chi connectivity index (χ2n) is 18.6. The van der Waals surface area contributed by atoms with Crippen molar-refractivity contribution >= 4 is 46.2 Å². The van der Waals surface area contributed by atoms with E-state index >= 15 is 0 Å². The largest absolute Gasteiger partial charge is 0.500 e. The van der Waals surface area contributed by atoms with E-state index in [-0.39, 0.29) is 25.5 Å². The monoisotopic (exact) mass is 997 g/mol. The molecule has 5 aromatic carbocycles. The molecule has 0 amide bonds. The summed E-state index contributed by atoms with van der Waals surface area (Å²) in [6, 6.07) is 47.8. The van der Waals surface area contributed by atoms with Gasteiger partial charge >= 0.3 is 0 Å². The summed E-state index contributed by atoms with van der Waals surface area (Å²) in [4.78, 5) is 14.4. The van der Waals surface area contributed by atoms with Crippen LogP contribution >= 0.6 is 0 Å². The molecule has 0 N–H and O–H groups in total. The average Bonchev–Trinajstić information content (AvgIpc) is 3.82. The number of fused-ring (bicyclic) bond motifs is 4. The zero-order chi connectivity index (χ0) is 44.2. The van der Waals surface area contributed by atoms with Gasteiger partial charge in [-0.3, -0.25) is 9.97 Å². The number of para-hydroxylation sites is 1. The molecule has 4 aromatic heterocycles. The van der Waals surface area contributed by atoms with Crippen LogP contribution in [0, 0.1) is 24.5 Å². The summed E-state index contributed by atoms with van der Waals surface area (Å²) in [6.45, 7) is 21.4. The molecule has 4 heterocycles. The molecule has 0 bridgehead atoms. The number of pyridine rings is 2. The van der Waals surface area contributed by atoms with Crippen molar-refractivity contribution in [3.8, 4) is 39.5 Å². The van der Waals surface area contributed by atoms with E-state index in [0.717, 1.165) is 77.7 Å². The van der Waals surface area contributed by atoms with Crippen LogP contribution in [0.2, 0.25) is 19.6 Å². The number of aryl methyl sites for hydroxylation is 1. The van der Waals surface area contributed by atoms with Crippen molar-refractivity contribution in [2.75, 3.05) is 0 Å². The molecule has 0 aliphatic carbocycles. The van der Waals surface area contributed by atoms with Gasteiger partial charge in [-0.05, 0) is 76.0 Å². The van der Waals surface area contributed by atoms with E-state index in [1.54, 1.807) is 0 Å². The summed E-state index contributed by atoms with van der Waals surface area (Å²) in [7, 11) is -1.70. The van der Waals surface area contributed by atoms with Crippen LogP contribution in [0.3, 0.4) is 0 Å². The molecule has 311 valence electrons. The number of rotatable bonds is 6. The second kappa shape index (κ2) is 17.1. The van der Waals surface area contributed by atoms with E-state index in [9.17, 15) is 0 Å². The standard InChI is InChI=1S/C35H28N3O.C19H26NSi.Ir/c1-22-33-29(18-19-36-22)37-34(25-15-17-32-27(20-25)26-12-8-9-13-31(26)39-32)38(33)30-16-14-24(21-28(30)35(2,3)4)23-10-6-5-7-11-23;1-19(2,3)13-16-12-17(15-10-8-7-9-11-15)20-14-18(16)21(4,5)6;/h5-14,16-21H,1-4H3;7-10,12,14H,13H2,1-6H3;/q2*-1;/i;13D2;. The molecule has 5 nitrogen and oxygen atoms in total. The van der Waals surface area contributed by atoms with E-state index in [1.165, 1.54) is 16.7 Å². The number of aromatic nitrogens is 4. The Morgan fingerprint density at radius 2 is 1.48 bits per heavy atom. The quantitative estimate of drug-likeness (QED) is 0.123. The fourth-order valence-corrected chi connectivity index (χ4v) is 9.19. The first-order chi connectivity index (χ1) is 29.3. The maximum Gasteiger partial charge on any atom is 0.120 e. The molecular formula is C54H54IrN4OSi-2. The zero-order valence-electron chi connectivity index (χ0n) is 38.7. The topological polar surface area (TPSA) is 56.7 Å². The number of hydrogen-bond acceptors (Lipinski definition) is 4. The van der Waals surface area contributed by atoms with Gasteiger partial charge in [-0.1, -0.05) is 133 Å². The van der Waals surface area contributed by atoms with Crippen molar-refractivity contribution in [1.29, 1.82) is 0 Å². The van der Waals surface area contributed by atoms with Crippen molar-refractivity contribution in [3.63, 3.8) is 0 Å². The van der Waals surface area contributed by atoms with Crippen LogP contribution in [0.4, 0.5) is 0 Å². The van der Waals surface area contributed by atoms with Gasteiger partial charge in [0, 0.05) is 46.3 Å². The van der Waals surface area contributed by atoms with E-state index in [2.05, 4.69) is 135 Å². The third-order valence-corrected chi connectivity index (χ3v) is 12.7. The van der Waals surface area contributed by atoms with Gasteiger partial charge in [-0.15, -0.1) is 59.7 Å². The fourth-order valence-electron chi connectivity index (χ4n) is 7.80. The van der Waals surface area contributed by atoms with Crippen molar-refractivity contribution in [3.05, 3.63) is 163 Å². The minimum atomic E-state index is -1.70.